The smallest absolute Gasteiger partial charge is 0.323 e. The number of nitrogens with one attached hydrogen (secondary N) is 4. The van der Waals surface area contributed by atoms with E-state index in [0.29, 0.717) is 12.8 Å². The maximum Gasteiger partial charge on any atom is 0.323 e. The summed E-state index contributed by atoms with van der Waals surface area (Å²) in [5.41, 5.74) is 3.00. The number of rotatable bonds is 13. The molecule has 0 aromatic heterocycles. The first-order valence-electron chi connectivity index (χ1n) is 10.9. The Kier molecular flexibility index (Phi) is 10.5. The Morgan fingerprint density at radius 3 is 2.63 bits per heavy atom. The second kappa shape index (κ2) is 12.6. The summed E-state index contributed by atoms with van der Waals surface area (Å²) in [6, 6.07) is -1.18. The van der Waals surface area contributed by atoms with Crippen LogP contribution in [0.25, 0.3) is 0 Å². The molecule has 0 unspecified atom stereocenters. The number of carbonyl (C=O) groups excluding carboxylic acids is 1. The number of amides is 1. The lowest BCUT2D eigenvalue weighted by Gasteiger charge is -2.23. The van der Waals surface area contributed by atoms with Crippen LogP contribution < -0.4 is 20.8 Å². The van der Waals surface area contributed by atoms with Gasteiger partial charge in [-0.25, -0.2) is 8.42 Å². The van der Waals surface area contributed by atoms with Crippen molar-refractivity contribution in [1.29, 1.82) is 0 Å². The number of carboxylic acid groups (broad SMARTS) is 1. The van der Waals surface area contributed by atoms with Gasteiger partial charge in [0, 0.05) is 12.6 Å². The number of carboxylic acids is 1. The molecule has 2 fully saturated rings. The number of carbonyl (C=O) groups is 2. The minimum Gasteiger partial charge on any atom is -0.480 e. The predicted octanol–water partition coefficient (Wildman–Crippen LogP) is 0.107. The number of unbranched alkanes of at least 4 members (excludes halogenated alkanes) is 1. The minimum atomic E-state index is -3.70. The fourth-order valence-corrected chi connectivity index (χ4v) is 5.20. The summed E-state index contributed by atoms with van der Waals surface area (Å²) < 4.78 is 26.0. The van der Waals surface area contributed by atoms with Gasteiger partial charge < -0.3 is 15.7 Å². The van der Waals surface area contributed by atoms with Crippen molar-refractivity contribution in [2.45, 2.75) is 76.5 Å². The largest absolute Gasteiger partial charge is 0.480 e. The van der Waals surface area contributed by atoms with E-state index in [9.17, 15) is 23.1 Å². The zero-order chi connectivity index (χ0) is 22.0. The van der Waals surface area contributed by atoms with Gasteiger partial charge in [-0.2, -0.15) is 10.2 Å². The van der Waals surface area contributed by atoms with Gasteiger partial charge in [-0.15, -0.1) is 0 Å². The van der Waals surface area contributed by atoms with Crippen molar-refractivity contribution in [2.24, 2.45) is 5.92 Å². The third-order valence-corrected chi connectivity index (χ3v) is 7.10. The molecule has 0 aromatic rings. The van der Waals surface area contributed by atoms with E-state index < -0.39 is 22.0 Å². The van der Waals surface area contributed by atoms with Gasteiger partial charge in [0.15, 0.2) is 0 Å². The molecule has 0 saturated carbocycles. The zero-order valence-corrected chi connectivity index (χ0v) is 18.5. The summed E-state index contributed by atoms with van der Waals surface area (Å²) in [4.78, 5) is 29.0. The third-order valence-electron chi connectivity index (χ3n) is 5.63. The molecular weight excluding hydrogens is 412 g/mol. The van der Waals surface area contributed by atoms with Gasteiger partial charge in [-0.05, 0) is 57.5 Å². The van der Waals surface area contributed by atoms with Crippen LogP contribution in [0.4, 0.5) is 0 Å². The highest BCUT2D eigenvalue weighted by atomic mass is 32.2. The molecule has 2 aliphatic heterocycles. The Bertz CT molecular complexity index is 653. The SMILES string of the molecule is CCCCS(=O)(=O)N[C@@H](CNC(=O)C[C@H]1C[C@H](CCC2CCNCC2)NO1)C(=O)O. The molecule has 3 atom stereocenters. The van der Waals surface area contributed by atoms with Gasteiger partial charge in [0.2, 0.25) is 15.9 Å². The van der Waals surface area contributed by atoms with Crippen molar-refractivity contribution in [3.05, 3.63) is 0 Å². The molecule has 5 N–H and O–H groups in total. The van der Waals surface area contributed by atoms with Crippen LogP contribution >= 0.6 is 0 Å². The van der Waals surface area contributed by atoms with Crippen molar-refractivity contribution >= 4 is 21.9 Å². The molecule has 2 heterocycles. The molecule has 2 rings (SSSR count). The van der Waals surface area contributed by atoms with Crippen LogP contribution in [0.15, 0.2) is 0 Å². The molecule has 1 amide bonds. The molecule has 2 saturated heterocycles. The highest BCUT2D eigenvalue weighted by molar-refractivity contribution is 7.89. The number of hydrogen-bond donors (Lipinski definition) is 5. The lowest BCUT2D eigenvalue weighted by molar-refractivity contribution is -0.139. The van der Waals surface area contributed by atoms with Crippen molar-refractivity contribution in [3.8, 4) is 0 Å². The third kappa shape index (κ3) is 9.25. The molecule has 0 aliphatic carbocycles. The van der Waals surface area contributed by atoms with E-state index in [1.54, 1.807) is 0 Å². The van der Waals surface area contributed by atoms with Crippen LogP contribution in [0.5, 0.6) is 0 Å². The topological polar surface area (TPSA) is 146 Å². The Balaban J connectivity index is 1.68. The summed E-state index contributed by atoms with van der Waals surface area (Å²) in [5, 5.41) is 15.1. The molecule has 10 nitrogen and oxygen atoms in total. The van der Waals surface area contributed by atoms with Crippen LogP contribution in [0.2, 0.25) is 0 Å². The normalized spacial score (nSPS) is 23.9. The van der Waals surface area contributed by atoms with Crippen LogP contribution in [0.3, 0.4) is 0 Å². The second-order valence-electron chi connectivity index (χ2n) is 8.25. The van der Waals surface area contributed by atoms with Gasteiger partial charge in [0.25, 0.3) is 0 Å². The number of hydrogen-bond acceptors (Lipinski definition) is 7. The highest BCUT2D eigenvalue weighted by Gasteiger charge is 2.29. The summed E-state index contributed by atoms with van der Waals surface area (Å²) in [6.45, 7) is 3.70. The molecule has 0 spiro atoms. The van der Waals surface area contributed by atoms with Crippen molar-refractivity contribution < 1.29 is 28.0 Å². The monoisotopic (exact) mass is 448 g/mol. The van der Waals surface area contributed by atoms with Crippen molar-refractivity contribution in [3.63, 3.8) is 0 Å². The van der Waals surface area contributed by atoms with Gasteiger partial charge in [-0.3, -0.25) is 14.4 Å². The molecule has 174 valence electrons. The maximum absolute atomic E-state index is 12.2. The lowest BCUT2D eigenvalue weighted by Crippen LogP contribution is -2.49. The average Bonchev–Trinajstić information content (AvgIpc) is 3.16. The second-order valence-corrected chi connectivity index (χ2v) is 10.1. The Morgan fingerprint density at radius 2 is 1.97 bits per heavy atom. The summed E-state index contributed by atoms with van der Waals surface area (Å²) in [5.74, 6) is -1.09. The zero-order valence-electron chi connectivity index (χ0n) is 17.7. The van der Waals surface area contributed by atoms with E-state index in [1.807, 2.05) is 6.92 Å². The molecule has 0 radical (unpaired) electrons. The van der Waals surface area contributed by atoms with Crippen molar-refractivity contribution in [1.82, 2.24) is 20.8 Å². The van der Waals surface area contributed by atoms with Gasteiger partial charge in [0.1, 0.15) is 6.04 Å². The Labute approximate surface area is 178 Å². The van der Waals surface area contributed by atoms with E-state index in [1.165, 1.54) is 12.8 Å². The molecule has 2 aliphatic rings. The molecular formula is C19H36N4O6S. The Hall–Kier alpha value is -1.27. The van der Waals surface area contributed by atoms with E-state index in [2.05, 4.69) is 20.8 Å². The fraction of sp³-hybridized carbons (Fsp3) is 0.895. The van der Waals surface area contributed by atoms with E-state index in [0.717, 1.165) is 38.3 Å². The predicted molar refractivity (Wildman–Crippen MR) is 112 cm³/mol. The standard InChI is InChI=1S/C19H36N4O6S/c1-2-3-10-30(27,28)23-17(19(25)26)13-21-18(24)12-16-11-15(22-29-16)5-4-14-6-8-20-9-7-14/h14-17,20,22-23H,2-13H2,1H3,(H,21,24)(H,25,26)/t15-,16+,17-/m0/s1. The average molecular weight is 449 g/mol. The van der Waals surface area contributed by atoms with E-state index >= 15 is 0 Å². The lowest BCUT2D eigenvalue weighted by atomic mass is 9.90. The van der Waals surface area contributed by atoms with E-state index in [-0.39, 0.29) is 36.8 Å². The number of aliphatic carboxylic acids is 1. The Morgan fingerprint density at radius 1 is 1.23 bits per heavy atom. The van der Waals surface area contributed by atoms with Crippen molar-refractivity contribution in [2.75, 3.05) is 25.4 Å². The van der Waals surface area contributed by atoms with Crippen LogP contribution in [-0.4, -0.2) is 69.0 Å². The molecule has 0 bridgehead atoms. The van der Waals surface area contributed by atoms with Crippen LogP contribution in [-0.2, 0) is 24.4 Å². The number of piperidine rings is 1. The van der Waals surface area contributed by atoms with Gasteiger partial charge in [-0.1, -0.05) is 13.3 Å². The first kappa shape index (κ1) is 25.0. The quantitative estimate of drug-likeness (QED) is 0.267. The van der Waals surface area contributed by atoms with Gasteiger partial charge >= 0.3 is 5.97 Å². The van der Waals surface area contributed by atoms with E-state index in [4.69, 9.17) is 4.84 Å². The van der Waals surface area contributed by atoms with Crippen LogP contribution in [0, 0.1) is 5.92 Å². The first-order valence-corrected chi connectivity index (χ1v) is 12.6. The number of sulfonamides is 1. The summed E-state index contributed by atoms with van der Waals surface area (Å²) in [6.07, 6.45) is 6.23. The fourth-order valence-electron chi connectivity index (χ4n) is 3.80. The molecule has 0 aromatic carbocycles. The summed E-state index contributed by atoms with van der Waals surface area (Å²) >= 11 is 0. The minimum absolute atomic E-state index is 0.103. The first-order chi connectivity index (χ1) is 14.3. The van der Waals surface area contributed by atoms with Crippen LogP contribution in [0.1, 0.15) is 58.3 Å². The highest BCUT2D eigenvalue weighted by Crippen LogP contribution is 2.23. The molecule has 30 heavy (non-hydrogen) atoms. The maximum atomic E-state index is 12.2. The van der Waals surface area contributed by atoms with Gasteiger partial charge in [0.05, 0.1) is 18.3 Å². The summed E-state index contributed by atoms with van der Waals surface area (Å²) in [7, 11) is -3.70. The number of hydroxylamine groups is 1. The molecule has 11 heteroatoms.